The Kier molecular flexibility index (Phi) is 10.9. The molecule has 0 bridgehead atoms. The molecule has 4 aromatic rings. The molecule has 0 spiro atoms. The third-order valence-electron chi connectivity index (χ3n) is 9.42. The van der Waals surface area contributed by atoms with E-state index in [-0.39, 0.29) is 30.6 Å². The number of aliphatic hydroxyl groups is 1. The zero-order valence-electron chi connectivity index (χ0n) is 26.8. The van der Waals surface area contributed by atoms with Crippen molar-refractivity contribution in [1.29, 1.82) is 0 Å². The van der Waals surface area contributed by atoms with E-state index in [0.29, 0.717) is 12.1 Å². The first-order chi connectivity index (χ1) is 22.6. The van der Waals surface area contributed by atoms with Gasteiger partial charge in [0.15, 0.2) is 6.29 Å². The van der Waals surface area contributed by atoms with Crippen LogP contribution in [-0.4, -0.2) is 41.7 Å². The fourth-order valence-corrected chi connectivity index (χ4v) is 6.68. The molecule has 6 rings (SSSR count). The first-order valence-electron chi connectivity index (χ1n) is 16.8. The highest BCUT2D eigenvalue weighted by atomic mass is 16.7. The molecule has 46 heavy (non-hydrogen) atoms. The van der Waals surface area contributed by atoms with Gasteiger partial charge in [-0.25, -0.2) is 0 Å². The van der Waals surface area contributed by atoms with Crippen LogP contribution in [0.25, 0.3) is 11.1 Å². The van der Waals surface area contributed by atoms with E-state index >= 15 is 0 Å². The topological polar surface area (TPSA) is 71.0 Å². The van der Waals surface area contributed by atoms with Gasteiger partial charge in [0.2, 0.25) is 0 Å². The highest BCUT2D eigenvalue weighted by Gasteiger charge is 2.39. The molecule has 6 heteroatoms. The van der Waals surface area contributed by atoms with Gasteiger partial charge >= 0.3 is 0 Å². The van der Waals surface area contributed by atoms with Gasteiger partial charge < -0.3 is 24.8 Å². The van der Waals surface area contributed by atoms with Gasteiger partial charge in [0.1, 0.15) is 0 Å². The highest BCUT2D eigenvalue weighted by molar-refractivity contribution is 5.94. The number of nitrogens with one attached hydrogen (secondary N) is 1. The summed E-state index contributed by atoms with van der Waals surface area (Å²) in [5.74, 6) is 0.0762. The average Bonchev–Trinajstić information content (AvgIpc) is 3.09. The maximum absolute atomic E-state index is 12.6. The molecular weight excluding hydrogens is 572 g/mol. The molecule has 0 radical (unpaired) electrons. The molecule has 4 aromatic carbocycles. The van der Waals surface area contributed by atoms with E-state index in [1.54, 1.807) is 0 Å². The third-order valence-corrected chi connectivity index (χ3v) is 9.42. The molecule has 2 N–H and O–H groups in total. The first-order valence-corrected chi connectivity index (χ1v) is 16.8. The number of carbonyl (C=O) groups is 1. The smallest absolute Gasteiger partial charge is 0.251 e. The van der Waals surface area contributed by atoms with E-state index in [0.717, 1.165) is 53.0 Å². The zero-order chi connectivity index (χ0) is 31.7. The van der Waals surface area contributed by atoms with Crippen molar-refractivity contribution in [3.63, 3.8) is 0 Å². The largest absolute Gasteiger partial charge is 0.392 e. The normalized spacial score (nSPS) is 22.5. The van der Waals surface area contributed by atoms with Gasteiger partial charge in [0.05, 0.1) is 18.8 Å². The molecule has 0 aromatic heterocycles. The van der Waals surface area contributed by atoms with Crippen molar-refractivity contribution >= 4 is 5.91 Å². The molecule has 6 nitrogen and oxygen atoms in total. The number of nitrogens with zero attached hydrogens (tertiary/aromatic N) is 1. The highest BCUT2D eigenvalue weighted by Crippen LogP contribution is 2.42. The summed E-state index contributed by atoms with van der Waals surface area (Å²) in [4.78, 5) is 15.2. The van der Waals surface area contributed by atoms with E-state index in [1.165, 1.54) is 32.1 Å². The number of likely N-dealkylation sites (tertiary alicyclic amines) is 1. The summed E-state index contributed by atoms with van der Waals surface area (Å²) < 4.78 is 13.6. The Morgan fingerprint density at radius 1 is 0.761 bits per heavy atom. The Bertz CT molecular complexity index is 1550. The van der Waals surface area contributed by atoms with Gasteiger partial charge in [0, 0.05) is 30.1 Å². The van der Waals surface area contributed by atoms with Gasteiger partial charge in [-0.05, 0) is 78.0 Å². The predicted octanol–water partition coefficient (Wildman–Crippen LogP) is 7.83. The minimum absolute atomic E-state index is 0.0147. The van der Waals surface area contributed by atoms with Crippen molar-refractivity contribution in [3.05, 3.63) is 131 Å². The van der Waals surface area contributed by atoms with Gasteiger partial charge in [-0.3, -0.25) is 4.79 Å². The van der Waals surface area contributed by atoms with E-state index in [2.05, 4.69) is 65.7 Å². The Balaban J connectivity index is 1.22. The monoisotopic (exact) mass is 618 g/mol. The lowest BCUT2D eigenvalue weighted by Crippen LogP contribution is -2.45. The molecular formula is C40H46N2O4. The molecule has 2 fully saturated rings. The van der Waals surface area contributed by atoms with Crippen LogP contribution in [0, 0.1) is 5.92 Å². The van der Waals surface area contributed by atoms with Crippen molar-refractivity contribution in [2.45, 2.75) is 70.7 Å². The second kappa shape index (κ2) is 15.7. The quantitative estimate of drug-likeness (QED) is 0.200. The molecule has 2 aliphatic rings. The minimum Gasteiger partial charge on any atom is -0.392 e. The summed E-state index contributed by atoms with van der Waals surface area (Å²) in [6, 6.07) is 34.2. The summed E-state index contributed by atoms with van der Waals surface area (Å²) in [6.07, 6.45) is 5.80. The average molecular weight is 619 g/mol. The van der Waals surface area contributed by atoms with Crippen LogP contribution in [0.5, 0.6) is 0 Å². The number of hydrogen-bond donors (Lipinski definition) is 2. The molecule has 2 aliphatic heterocycles. The van der Waals surface area contributed by atoms with Crippen LogP contribution in [0.4, 0.5) is 0 Å². The molecule has 2 saturated heterocycles. The van der Waals surface area contributed by atoms with Crippen LogP contribution in [0.2, 0.25) is 0 Å². The predicted molar refractivity (Wildman–Crippen MR) is 182 cm³/mol. The first kappa shape index (κ1) is 32.1. The number of aliphatic hydroxyl groups excluding tert-OH is 1. The third kappa shape index (κ3) is 8.12. The maximum atomic E-state index is 12.6. The molecule has 2 heterocycles. The summed E-state index contributed by atoms with van der Waals surface area (Å²) >= 11 is 0. The van der Waals surface area contributed by atoms with E-state index in [9.17, 15) is 9.90 Å². The summed E-state index contributed by atoms with van der Waals surface area (Å²) in [5, 5.41) is 12.6. The molecule has 0 unspecified atom stereocenters. The number of benzene rings is 4. The van der Waals surface area contributed by atoms with E-state index < -0.39 is 6.29 Å². The van der Waals surface area contributed by atoms with Crippen LogP contribution < -0.4 is 5.32 Å². The number of ether oxygens (including phenoxy) is 2. The lowest BCUT2D eigenvalue weighted by atomic mass is 9.89. The van der Waals surface area contributed by atoms with Gasteiger partial charge in [-0.2, -0.15) is 0 Å². The van der Waals surface area contributed by atoms with Gasteiger partial charge in [-0.15, -0.1) is 0 Å². The molecule has 1 amide bonds. The Morgan fingerprint density at radius 2 is 1.46 bits per heavy atom. The number of carbonyl (C=O) groups excluding carboxylic acids is 1. The van der Waals surface area contributed by atoms with Crippen molar-refractivity contribution in [2.75, 3.05) is 19.6 Å². The molecule has 240 valence electrons. The summed E-state index contributed by atoms with van der Waals surface area (Å²) in [5.41, 5.74) is 6.83. The lowest BCUT2D eigenvalue weighted by Gasteiger charge is -2.43. The van der Waals surface area contributed by atoms with Crippen molar-refractivity contribution in [2.24, 2.45) is 5.92 Å². The van der Waals surface area contributed by atoms with Crippen LogP contribution >= 0.6 is 0 Å². The number of hydrogen-bond acceptors (Lipinski definition) is 5. The number of rotatable bonds is 9. The van der Waals surface area contributed by atoms with Crippen molar-refractivity contribution < 1.29 is 19.4 Å². The second-order valence-corrected chi connectivity index (χ2v) is 12.8. The Labute approximate surface area is 273 Å². The minimum atomic E-state index is -0.508. The zero-order valence-corrected chi connectivity index (χ0v) is 26.8. The van der Waals surface area contributed by atoms with E-state index in [4.69, 9.17) is 9.47 Å². The lowest BCUT2D eigenvalue weighted by molar-refractivity contribution is -0.276. The van der Waals surface area contributed by atoms with Crippen LogP contribution in [-0.2, 0) is 22.6 Å². The van der Waals surface area contributed by atoms with Crippen LogP contribution in [0.3, 0.4) is 0 Å². The fraction of sp³-hybridized carbons (Fsp3) is 0.375. The van der Waals surface area contributed by atoms with E-state index in [1.807, 2.05) is 54.6 Å². The van der Waals surface area contributed by atoms with Crippen LogP contribution in [0.1, 0.15) is 84.0 Å². The Morgan fingerprint density at radius 3 is 2.20 bits per heavy atom. The standard InChI is InChI=1S/C40H46N2O4/c1-29-37(27-42-22-8-3-2-4-9-23-42)45-40(46-38(29)32-20-18-30(28-43)19-21-32)36-17-11-16-35(25-36)34-15-10-12-31(24-34)26-41-39(44)33-13-6-5-7-14-33/h5-7,10-21,24-25,29,37-38,40,43H,2-4,8-9,22-23,26-28H2,1H3,(H,41,44)/t29-,37+,38+,40+/m1/s1. The molecule has 4 atom stereocenters. The fourth-order valence-electron chi connectivity index (χ4n) is 6.68. The SMILES string of the molecule is C[C@@H]1[C@H](CN2CCCCCCC2)O[C@H](c2cccc(-c3cccc(CNC(=O)c4ccccc4)c3)c2)O[C@@H]1c1ccc(CO)cc1. The van der Waals surface area contributed by atoms with Gasteiger partial charge in [0.25, 0.3) is 5.91 Å². The summed E-state index contributed by atoms with van der Waals surface area (Å²) in [6.45, 7) is 5.84. The molecule has 0 aliphatic carbocycles. The summed E-state index contributed by atoms with van der Waals surface area (Å²) in [7, 11) is 0. The van der Waals surface area contributed by atoms with Gasteiger partial charge in [-0.1, -0.05) is 105 Å². The van der Waals surface area contributed by atoms with Crippen molar-refractivity contribution in [1.82, 2.24) is 10.2 Å². The maximum Gasteiger partial charge on any atom is 0.251 e. The molecule has 0 saturated carbocycles. The Hall–Kier alpha value is -3.81. The number of amides is 1. The van der Waals surface area contributed by atoms with Crippen molar-refractivity contribution in [3.8, 4) is 11.1 Å². The second-order valence-electron chi connectivity index (χ2n) is 12.8. The van der Waals surface area contributed by atoms with Crippen LogP contribution in [0.15, 0.2) is 103 Å².